The zero-order chi connectivity index (χ0) is 14.8. The first kappa shape index (κ1) is 14.4. The number of rotatable bonds is 3. The average molecular weight is 367 g/mol. The molecule has 0 bridgehead atoms. The largest absolute Gasteiger partial charge is 0.493 e. The Morgan fingerprint density at radius 3 is 2.95 bits per heavy atom. The van der Waals surface area contributed by atoms with Crippen molar-refractivity contribution in [3.05, 3.63) is 62.6 Å². The molecule has 21 heavy (non-hydrogen) atoms. The number of fused-ring (bicyclic) bond motifs is 1. The number of amides is 1. The lowest BCUT2D eigenvalue weighted by atomic mass is 10.1. The minimum atomic E-state index is -0.188. The van der Waals surface area contributed by atoms with Gasteiger partial charge in [0.25, 0.3) is 5.91 Å². The third-order valence-electron chi connectivity index (χ3n) is 3.38. The molecule has 0 radical (unpaired) electrons. The van der Waals surface area contributed by atoms with Crippen molar-refractivity contribution in [3.8, 4) is 5.75 Å². The number of hydrogen-bond donors (Lipinski definition) is 1. The normalized spacial score (nSPS) is 12.7. The fourth-order valence-corrected chi connectivity index (χ4v) is 3.17. The summed E-state index contributed by atoms with van der Waals surface area (Å²) in [5.74, 6) is 0.699. The van der Waals surface area contributed by atoms with Crippen LogP contribution in [0.4, 0.5) is 0 Å². The quantitative estimate of drug-likeness (QED) is 0.892. The Labute approximate surface area is 136 Å². The van der Waals surface area contributed by atoms with Gasteiger partial charge in [-0.3, -0.25) is 4.79 Å². The Balaban J connectivity index is 1.77. The van der Waals surface area contributed by atoms with E-state index < -0.39 is 0 Å². The van der Waals surface area contributed by atoms with E-state index in [1.54, 1.807) is 24.3 Å². The van der Waals surface area contributed by atoms with Gasteiger partial charge < -0.3 is 10.1 Å². The standard InChI is InChI=1S/C16H13BrClNO2/c17-12-7-10-5-6-21-15(10)11(8-12)9-19-16(20)13-3-1-2-4-14(13)18/h1-4,7-8H,5-6,9H2,(H,19,20). The lowest BCUT2D eigenvalue weighted by Crippen LogP contribution is -2.23. The van der Waals surface area contributed by atoms with E-state index in [1.807, 2.05) is 6.07 Å². The molecule has 108 valence electrons. The Hall–Kier alpha value is -1.52. The summed E-state index contributed by atoms with van der Waals surface area (Å²) in [6, 6.07) is 11.0. The lowest BCUT2D eigenvalue weighted by molar-refractivity contribution is 0.0951. The van der Waals surface area contributed by atoms with Crippen LogP contribution in [0.15, 0.2) is 40.9 Å². The van der Waals surface area contributed by atoms with E-state index in [1.165, 1.54) is 5.56 Å². The van der Waals surface area contributed by atoms with Crippen molar-refractivity contribution in [2.24, 2.45) is 0 Å². The highest BCUT2D eigenvalue weighted by atomic mass is 79.9. The Morgan fingerprint density at radius 1 is 1.33 bits per heavy atom. The van der Waals surface area contributed by atoms with Gasteiger partial charge in [-0.2, -0.15) is 0 Å². The van der Waals surface area contributed by atoms with Gasteiger partial charge in [-0.15, -0.1) is 0 Å². The maximum atomic E-state index is 12.2. The van der Waals surface area contributed by atoms with Gasteiger partial charge in [-0.1, -0.05) is 39.7 Å². The molecular formula is C16H13BrClNO2. The van der Waals surface area contributed by atoms with Crippen molar-refractivity contribution >= 4 is 33.4 Å². The van der Waals surface area contributed by atoms with Crippen LogP contribution in [0.25, 0.3) is 0 Å². The molecule has 1 aliphatic rings. The van der Waals surface area contributed by atoms with Crippen LogP contribution < -0.4 is 10.1 Å². The number of hydrogen-bond acceptors (Lipinski definition) is 2. The SMILES string of the molecule is O=C(NCc1cc(Br)cc2c1OCC2)c1ccccc1Cl. The summed E-state index contributed by atoms with van der Waals surface area (Å²) < 4.78 is 6.64. The molecule has 1 heterocycles. The van der Waals surface area contributed by atoms with E-state index in [0.29, 0.717) is 23.7 Å². The van der Waals surface area contributed by atoms with Crippen molar-refractivity contribution in [1.29, 1.82) is 0 Å². The monoisotopic (exact) mass is 365 g/mol. The highest BCUT2D eigenvalue weighted by molar-refractivity contribution is 9.10. The van der Waals surface area contributed by atoms with Crippen LogP contribution in [-0.2, 0) is 13.0 Å². The topological polar surface area (TPSA) is 38.3 Å². The van der Waals surface area contributed by atoms with Crippen LogP contribution in [0.5, 0.6) is 5.75 Å². The van der Waals surface area contributed by atoms with Crippen molar-refractivity contribution in [2.75, 3.05) is 6.61 Å². The number of benzene rings is 2. The minimum absolute atomic E-state index is 0.188. The molecule has 0 atom stereocenters. The second-order valence-electron chi connectivity index (χ2n) is 4.81. The highest BCUT2D eigenvalue weighted by Crippen LogP contribution is 2.32. The molecule has 3 rings (SSSR count). The van der Waals surface area contributed by atoms with Gasteiger partial charge in [0.15, 0.2) is 0 Å². The predicted octanol–water partition coefficient (Wildman–Crippen LogP) is 3.97. The van der Waals surface area contributed by atoms with Gasteiger partial charge in [0.2, 0.25) is 0 Å². The summed E-state index contributed by atoms with van der Waals surface area (Å²) in [5.41, 5.74) is 2.62. The number of carbonyl (C=O) groups excluding carboxylic acids is 1. The summed E-state index contributed by atoms with van der Waals surface area (Å²) in [6.45, 7) is 1.10. The van der Waals surface area contributed by atoms with E-state index in [2.05, 4.69) is 27.3 Å². The van der Waals surface area contributed by atoms with E-state index in [-0.39, 0.29) is 5.91 Å². The molecule has 0 aliphatic carbocycles. The molecular weight excluding hydrogens is 354 g/mol. The van der Waals surface area contributed by atoms with Gasteiger partial charge in [-0.05, 0) is 29.8 Å². The first-order valence-electron chi connectivity index (χ1n) is 6.62. The summed E-state index contributed by atoms with van der Waals surface area (Å²) in [5, 5.41) is 3.34. The maximum absolute atomic E-state index is 12.2. The summed E-state index contributed by atoms with van der Waals surface area (Å²) in [7, 11) is 0. The zero-order valence-electron chi connectivity index (χ0n) is 11.2. The van der Waals surface area contributed by atoms with Crippen molar-refractivity contribution in [3.63, 3.8) is 0 Å². The third-order valence-corrected chi connectivity index (χ3v) is 4.17. The van der Waals surface area contributed by atoms with Crippen molar-refractivity contribution in [2.45, 2.75) is 13.0 Å². The molecule has 0 saturated carbocycles. The van der Waals surface area contributed by atoms with Crippen LogP contribution in [-0.4, -0.2) is 12.5 Å². The molecule has 0 unspecified atom stereocenters. The van der Waals surface area contributed by atoms with Gasteiger partial charge in [0, 0.05) is 23.0 Å². The Bertz CT molecular complexity index is 703. The van der Waals surface area contributed by atoms with Gasteiger partial charge in [-0.25, -0.2) is 0 Å². The zero-order valence-corrected chi connectivity index (χ0v) is 13.5. The summed E-state index contributed by atoms with van der Waals surface area (Å²) >= 11 is 9.52. The molecule has 1 N–H and O–H groups in total. The second kappa shape index (κ2) is 6.08. The molecule has 1 aliphatic heterocycles. The number of nitrogens with one attached hydrogen (secondary N) is 1. The number of ether oxygens (including phenoxy) is 1. The van der Waals surface area contributed by atoms with Crippen molar-refractivity contribution < 1.29 is 9.53 Å². The maximum Gasteiger partial charge on any atom is 0.253 e. The molecule has 0 spiro atoms. The first-order valence-corrected chi connectivity index (χ1v) is 7.79. The first-order chi connectivity index (χ1) is 10.1. The molecule has 2 aromatic rings. The smallest absolute Gasteiger partial charge is 0.253 e. The lowest BCUT2D eigenvalue weighted by Gasteiger charge is -2.11. The number of carbonyl (C=O) groups is 1. The Morgan fingerprint density at radius 2 is 2.14 bits per heavy atom. The molecule has 0 saturated heterocycles. The van der Waals surface area contributed by atoms with Gasteiger partial charge in [0.1, 0.15) is 5.75 Å². The van der Waals surface area contributed by atoms with Gasteiger partial charge >= 0.3 is 0 Å². The van der Waals surface area contributed by atoms with Gasteiger partial charge in [0.05, 0.1) is 17.2 Å². The highest BCUT2D eigenvalue weighted by Gasteiger charge is 2.18. The van der Waals surface area contributed by atoms with Crippen molar-refractivity contribution in [1.82, 2.24) is 5.32 Å². The van der Waals surface area contributed by atoms with Crippen LogP contribution in [0.2, 0.25) is 5.02 Å². The molecule has 0 fully saturated rings. The fraction of sp³-hybridized carbons (Fsp3) is 0.188. The van der Waals surface area contributed by atoms with E-state index in [0.717, 1.165) is 22.2 Å². The van der Waals surface area contributed by atoms with Crippen LogP contribution in [0.1, 0.15) is 21.5 Å². The van der Waals surface area contributed by atoms with E-state index >= 15 is 0 Å². The average Bonchev–Trinajstić information content (AvgIpc) is 2.93. The van der Waals surface area contributed by atoms with Crippen LogP contribution in [0, 0.1) is 0 Å². The molecule has 3 nitrogen and oxygen atoms in total. The molecule has 2 aromatic carbocycles. The summed E-state index contributed by atoms with van der Waals surface area (Å²) in [6.07, 6.45) is 0.903. The van der Waals surface area contributed by atoms with E-state index in [9.17, 15) is 4.79 Å². The van der Waals surface area contributed by atoms with Crippen LogP contribution in [0.3, 0.4) is 0 Å². The Kier molecular flexibility index (Phi) is 4.17. The van der Waals surface area contributed by atoms with Crippen LogP contribution >= 0.6 is 27.5 Å². The minimum Gasteiger partial charge on any atom is -0.493 e. The van der Waals surface area contributed by atoms with E-state index in [4.69, 9.17) is 16.3 Å². The molecule has 5 heteroatoms. The number of halogens is 2. The third kappa shape index (κ3) is 3.06. The second-order valence-corrected chi connectivity index (χ2v) is 6.14. The fourth-order valence-electron chi connectivity index (χ4n) is 2.39. The molecule has 0 aromatic heterocycles. The predicted molar refractivity (Wildman–Crippen MR) is 86.0 cm³/mol. The molecule has 1 amide bonds. The summed E-state index contributed by atoms with van der Waals surface area (Å²) in [4.78, 5) is 12.2.